The number of amides is 1. The van der Waals surface area contributed by atoms with Crippen LogP contribution in [0.5, 0.6) is 0 Å². The smallest absolute Gasteiger partial charge is 0.221 e. The summed E-state index contributed by atoms with van der Waals surface area (Å²) in [5.74, 6) is -0.129. The maximum Gasteiger partial charge on any atom is 0.221 e. The molecule has 1 aromatic rings. The molecule has 0 aliphatic carbocycles. The highest BCUT2D eigenvalue weighted by molar-refractivity contribution is 5.76. The van der Waals surface area contributed by atoms with Gasteiger partial charge in [0, 0.05) is 13.1 Å². The van der Waals surface area contributed by atoms with Crippen molar-refractivity contribution in [1.82, 2.24) is 4.90 Å². The van der Waals surface area contributed by atoms with Crippen molar-refractivity contribution in [1.29, 1.82) is 0 Å². The number of rotatable bonds is 4. The summed E-state index contributed by atoms with van der Waals surface area (Å²) in [6, 6.07) is 10.2. The summed E-state index contributed by atoms with van der Waals surface area (Å²) < 4.78 is 0. The minimum absolute atomic E-state index is 0.0314. The molecule has 1 fully saturated rings. The van der Waals surface area contributed by atoms with Crippen LogP contribution in [0.25, 0.3) is 6.08 Å². The molecular formula is C15H20N2O. The van der Waals surface area contributed by atoms with E-state index in [2.05, 4.69) is 29.2 Å². The molecule has 1 aromatic carbocycles. The molecule has 18 heavy (non-hydrogen) atoms. The summed E-state index contributed by atoms with van der Waals surface area (Å²) in [5.41, 5.74) is 6.57. The van der Waals surface area contributed by atoms with E-state index in [4.69, 9.17) is 5.73 Å². The number of carbonyl (C=O) groups excluding carboxylic acids is 1. The topological polar surface area (TPSA) is 46.3 Å². The molecule has 1 amide bonds. The van der Waals surface area contributed by atoms with Gasteiger partial charge in [0.25, 0.3) is 0 Å². The largest absolute Gasteiger partial charge is 0.369 e. The number of carbonyl (C=O) groups is 1. The fraction of sp³-hybridized carbons (Fsp3) is 0.400. The van der Waals surface area contributed by atoms with Crippen molar-refractivity contribution in [3.05, 3.63) is 42.0 Å². The van der Waals surface area contributed by atoms with Crippen molar-refractivity contribution in [2.75, 3.05) is 19.6 Å². The third kappa shape index (κ3) is 3.70. The zero-order chi connectivity index (χ0) is 12.8. The van der Waals surface area contributed by atoms with Crippen molar-refractivity contribution in [3.8, 4) is 0 Å². The molecule has 2 rings (SSSR count). The van der Waals surface area contributed by atoms with Crippen LogP contribution in [0.1, 0.15) is 18.4 Å². The molecule has 3 heteroatoms. The molecule has 3 nitrogen and oxygen atoms in total. The molecule has 0 saturated carbocycles. The molecule has 0 aromatic heterocycles. The predicted molar refractivity (Wildman–Crippen MR) is 73.8 cm³/mol. The van der Waals surface area contributed by atoms with Crippen LogP contribution in [-0.4, -0.2) is 30.4 Å². The number of nitrogens with zero attached hydrogens (tertiary/aromatic N) is 1. The van der Waals surface area contributed by atoms with Gasteiger partial charge >= 0.3 is 0 Å². The highest BCUT2D eigenvalue weighted by Crippen LogP contribution is 2.15. The maximum atomic E-state index is 11.2. The first-order chi connectivity index (χ1) is 8.75. The van der Waals surface area contributed by atoms with Gasteiger partial charge in [-0.05, 0) is 24.9 Å². The molecule has 1 aliphatic rings. The Balaban J connectivity index is 1.83. The van der Waals surface area contributed by atoms with Gasteiger partial charge in [-0.3, -0.25) is 9.69 Å². The molecule has 0 radical (unpaired) electrons. The van der Waals surface area contributed by atoms with Gasteiger partial charge in [-0.2, -0.15) is 0 Å². The summed E-state index contributed by atoms with van der Waals surface area (Å²) in [7, 11) is 0. The lowest BCUT2D eigenvalue weighted by molar-refractivity contribution is -0.123. The van der Waals surface area contributed by atoms with Crippen molar-refractivity contribution in [2.24, 2.45) is 11.7 Å². The lowest BCUT2D eigenvalue weighted by atomic mass is 9.97. The SMILES string of the molecule is NC(=O)C1CCCN(CC=Cc2ccccc2)C1. The Labute approximate surface area is 108 Å². The molecular weight excluding hydrogens is 224 g/mol. The fourth-order valence-electron chi connectivity index (χ4n) is 2.36. The second-order valence-electron chi connectivity index (χ2n) is 4.81. The van der Waals surface area contributed by atoms with Gasteiger partial charge in [-0.1, -0.05) is 42.5 Å². The lowest BCUT2D eigenvalue weighted by Gasteiger charge is -2.30. The van der Waals surface area contributed by atoms with Gasteiger partial charge in [-0.25, -0.2) is 0 Å². The number of nitrogens with two attached hydrogens (primary N) is 1. The zero-order valence-corrected chi connectivity index (χ0v) is 10.6. The molecule has 2 N–H and O–H groups in total. The van der Waals surface area contributed by atoms with Crippen LogP contribution in [0.3, 0.4) is 0 Å². The maximum absolute atomic E-state index is 11.2. The summed E-state index contributed by atoms with van der Waals surface area (Å²) in [5, 5.41) is 0. The highest BCUT2D eigenvalue weighted by Gasteiger charge is 2.22. The van der Waals surface area contributed by atoms with Crippen LogP contribution < -0.4 is 5.73 Å². The van der Waals surface area contributed by atoms with E-state index in [1.807, 2.05) is 18.2 Å². The molecule has 1 heterocycles. The first-order valence-electron chi connectivity index (χ1n) is 6.49. The molecule has 1 saturated heterocycles. The molecule has 0 bridgehead atoms. The van der Waals surface area contributed by atoms with Crippen LogP contribution >= 0.6 is 0 Å². The normalized spacial score (nSPS) is 21.2. The van der Waals surface area contributed by atoms with E-state index in [0.717, 1.165) is 32.5 Å². The average Bonchev–Trinajstić information content (AvgIpc) is 2.40. The predicted octanol–water partition coefficient (Wildman–Crippen LogP) is 1.90. The Morgan fingerprint density at radius 1 is 1.39 bits per heavy atom. The van der Waals surface area contributed by atoms with E-state index in [1.54, 1.807) is 0 Å². The van der Waals surface area contributed by atoms with Crippen LogP contribution in [0, 0.1) is 5.92 Å². The van der Waals surface area contributed by atoms with Gasteiger partial charge in [0.2, 0.25) is 5.91 Å². The quantitative estimate of drug-likeness (QED) is 0.879. The second kappa shape index (κ2) is 6.36. The van der Waals surface area contributed by atoms with Gasteiger partial charge < -0.3 is 5.73 Å². The molecule has 0 spiro atoms. The Morgan fingerprint density at radius 3 is 2.89 bits per heavy atom. The number of hydrogen-bond donors (Lipinski definition) is 1. The third-order valence-corrected chi connectivity index (χ3v) is 3.38. The van der Waals surface area contributed by atoms with Crippen molar-refractivity contribution >= 4 is 12.0 Å². The second-order valence-corrected chi connectivity index (χ2v) is 4.81. The Hall–Kier alpha value is -1.61. The van der Waals surface area contributed by atoms with Gasteiger partial charge in [0.1, 0.15) is 0 Å². The molecule has 1 aliphatic heterocycles. The summed E-state index contributed by atoms with van der Waals surface area (Å²) in [6.07, 6.45) is 6.27. The van der Waals surface area contributed by atoms with Crippen LogP contribution in [0.4, 0.5) is 0 Å². The lowest BCUT2D eigenvalue weighted by Crippen LogP contribution is -2.41. The Morgan fingerprint density at radius 2 is 2.17 bits per heavy atom. The number of hydrogen-bond acceptors (Lipinski definition) is 2. The molecule has 96 valence electrons. The van der Waals surface area contributed by atoms with E-state index in [-0.39, 0.29) is 11.8 Å². The number of primary amides is 1. The third-order valence-electron chi connectivity index (χ3n) is 3.38. The monoisotopic (exact) mass is 244 g/mol. The minimum Gasteiger partial charge on any atom is -0.369 e. The van der Waals surface area contributed by atoms with E-state index in [0.29, 0.717) is 0 Å². The Kier molecular flexibility index (Phi) is 4.53. The number of piperidine rings is 1. The summed E-state index contributed by atoms with van der Waals surface area (Å²) in [6.45, 7) is 2.75. The van der Waals surface area contributed by atoms with E-state index in [9.17, 15) is 4.79 Å². The van der Waals surface area contributed by atoms with Gasteiger partial charge in [0.05, 0.1) is 5.92 Å². The van der Waals surface area contributed by atoms with Crippen LogP contribution in [-0.2, 0) is 4.79 Å². The molecule has 1 unspecified atom stereocenters. The first-order valence-corrected chi connectivity index (χ1v) is 6.49. The van der Waals surface area contributed by atoms with E-state index >= 15 is 0 Å². The zero-order valence-electron chi connectivity index (χ0n) is 10.6. The standard InChI is InChI=1S/C15H20N2O/c16-15(18)14-9-5-11-17(12-14)10-4-8-13-6-2-1-3-7-13/h1-4,6-8,14H,5,9-12H2,(H2,16,18). The van der Waals surface area contributed by atoms with Crippen molar-refractivity contribution in [3.63, 3.8) is 0 Å². The number of likely N-dealkylation sites (tertiary alicyclic amines) is 1. The van der Waals surface area contributed by atoms with Crippen molar-refractivity contribution in [2.45, 2.75) is 12.8 Å². The van der Waals surface area contributed by atoms with Crippen molar-refractivity contribution < 1.29 is 4.79 Å². The highest BCUT2D eigenvalue weighted by atomic mass is 16.1. The summed E-state index contributed by atoms with van der Waals surface area (Å²) in [4.78, 5) is 13.5. The van der Waals surface area contributed by atoms with Gasteiger partial charge in [0.15, 0.2) is 0 Å². The Bertz CT molecular complexity index is 414. The van der Waals surface area contributed by atoms with E-state index in [1.165, 1.54) is 5.56 Å². The average molecular weight is 244 g/mol. The number of benzene rings is 1. The first kappa shape index (κ1) is 12.8. The molecule has 1 atom stereocenters. The van der Waals surface area contributed by atoms with E-state index < -0.39 is 0 Å². The van der Waals surface area contributed by atoms with Gasteiger partial charge in [-0.15, -0.1) is 0 Å². The minimum atomic E-state index is -0.160. The fourth-order valence-corrected chi connectivity index (χ4v) is 2.36. The van der Waals surface area contributed by atoms with Crippen LogP contribution in [0.2, 0.25) is 0 Å². The van der Waals surface area contributed by atoms with Crippen LogP contribution in [0.15, 0.2) is 36.4 Å². The summed E-state index contributed by atoms with van der Waals surface area (Å²) >= 11 is 0.